The number of aryl methyl sites for hydroxylation is 1. The summed E-state index contributed by atoms with van der Waals surface area (Å²) in [6.07, 6.45) is 3.85. The molecule has 0 N–H and O–H groups in total. The molecule has 0 radical (unpaired) electrons. The maximum absolute atomic E-state index is 11.5. The van der Waals surface area contributed by atoms with Crippen molar-refractivity contribution in [1.82, 2.24) is 0 Å². The highest BCUT2D eigenvalue weighted by Gasteiger charge is 2.23. The van der Waals surface area contributed by atoms with E-state index in [-0.39, 0.29) is 5.91 Å². The highest BCUT2D eigenvalue weighted by Crippen LogP contribution is 2.28. The number of fused-ring (bicyclic) bond motifs is 1. The SMILES string of the molecule is CN1C(=O)Cc2cc(CCCC=O)ccc21. The molecule has 0 saturated heterocycles. The van der Waals surface area contributed by atoms with E-state index >= 15 is 0 Å². The van der Waals surface area contributed by atoms with E-state index in [1.807, 2.05) is 12.1 Å². The lowest BCUT2D eigenvalue weighted by atomic mass is 10.0. The lowest BCUT2D eigenvalue weighted by molar-refractivity contribution is -0.117. The topological polar surface area (TPSA) is 37.4 Å². The van der Waals surface area contributed by atoms with Gasteiger partial charge < -0.3 is 9.69 Å². The first-order chi connectivity index (χ1) is 7.72. The Bertz CT molecular complexity index is 426. The zero-order chi connectivity index (χ0) is 11.5. The summed E-state index contributed by atoms with van der Waals surface area (Å²) in [6.45, 7) is 0. The largest absolute Gasteiger partial charge is 0.315 e. The number of hydrogen-bond acceptors (Lipinski definition) is 2. The number of rotatable bonds is 4. The van der Waals surface area contributed by atoms with Crippen LogP contribution in [0.2, 0.25) is 0 Å². The number of unbranched alkanes of at least 4 members (excludes halogenated alkanes) is 1. The zero-order valence-corrected chi connectivity index (χ0v) is 9.40. The molecule has 3 heteroatoms. The molecule has 16 heavy (non-hydrogen) atoms. The van der Waals surface area contributed by atoms with Gasteiger partial charge in [0.15, 0.2) is 0 Å². The highest BCUT2D eigenvalue weighted by atomic mass is 16.2. The molecule has 0 bridgehead atoms. The van der Waals surface area contributed by atoms with Crippen molar-refractivity contribution in [2.24, 2.45) is 0 Å². The molecular weight excluding hydrogens is 202 g/mol. The Morgan fingerprint density at radius 2 is 2.25 bits per heavy atom. The first-order valence-electron chi connectivity index (χ1n) is 5.54. The Hall–Kier alpha value is -1.64. The third-order valence-electron chi connectivity index (χ3n) is 3.01. The van der Waals surface area contributed by atoms with E-state index in [4.69, 9.17) is 0 Å². The van der Waals surface area contributed by atoms with E-state index in [1.165, 1.54) is 5.56 Å². The molecule has 3 nitrogen and oxygen atoms in total. The third kappa shape index (κ3) is 1.98. The normalized spacial score (nSPS) is 14.1. The smallest absolute Gasteiger partial charge is 0.231 e. The predicted octanol–water partition coefficient (Wildman–Crippen LogP) is 1.73. The zero-order valence-electron chi connectivity index (χ0n) is 9.40. The van der Waals surface area contributed by atoms with Crippen molar-refractivity contribution >= 4 is 17.9 Å². The van der Waals surface area contributed by atoms with E-state index in [1.54, 1.807) is 11.9 Å². The van der Waals surface area contributed by atoms with Crippen LogP contribution in [0.4, 0.5) is 5.69 Å². The molecule has 0 saturated carbocycles. The van der Waals surface area contributed by atoms with E-state index in [9.17, 15) is 9.59 Å². The molecule has 1 aromatic carbocycles. The number of nitrogens with zero attached hydrogens (tertiary/aromatic N) is 1. The average molecular weight is 217 g/mol. The van der Waals surface area contributed by atoms with Gasteiger partial charge in [0, 0.05) is 19.2 Å². The van der Waals surface area contributed by atoms with Crippen molar-refractivity contribution in [2.45, 2.75) is 25.7 Å². The predicted molar refractivity (Wildman–Crippen MR) is 62.6 cm³/mol. The van der Waals surface area contributed by atoms with Crippen molar-refractivity contribution in [1.29, 1.82) is 0 Å². The van der Waals surface area contributed by atoms with Gasteiger partial charge in [0.2, 0.25) is 5.91 Å². The molecule has 0 aliphatic carbocycles. The standard InChI is InChI=1S/C13H15NO2/c1-14-12-6-5-10(4-2-3-7-15)8-11(12)9-13(14)16/h5-8H,2-4,9H2,1H3. The second-order valence-corrected chi connectivity index (χ2v) is 4.15. The fraction of sp³-hybridized carbons (Fsp3) is 0.385. The van der Waals surface area contributed by atoms with E-state index in [0.717, 1.165) is 30.4 Å². The number of likely N-dealkylation sites (N-methyl/N-ethyl adjacent to an activating group) is 1. The molecule has 0 fully saturated rings. The maximum atomic E-state index is 11.5. The fourth-order valence-corrected chi connectivity index (χ4v) is 2.07. The Morgan fingerprint density at radius 1 is 1.44 bits per heavy atom. The lowest BCUT2D eigenvalue weighted by Gasteiger charge is -2.10. The van der Waals surface area contributed by atoms with Crippen LogP contribution in [0.1, 0.15) is 24.0 Å². The molecule has 1 aliphatic rings. The summed E-state index contributed by atoms with van der Waals surface area (Å²) in [6, 6.07) is 6.12. The van der Waals surface area contributed by atoms with Crippen LogP contribution in [0.25, 0.3) is 0 Å². The van der Waals surface area contributed by atoms with Gasteiger partial charge in [-0.15, -0.1) is 0 Å². The van der Waals surface area contributed by atoms with Crippen molar-refractivity contribution in [2.75, 3.05) is 11.9 Å². The number of anilines is 1. The number of hydrogen-bond donors (Lipinski definition) is 0. The third-order valence-corrected chi connectivity index (χ3v) is 3.01. The van der Waals surface area contributed by atoms with Crippen LogP contribution in [0.3, 0.4) is 0 Å². The number of aldehydes is 1. The van der Waals surface area contributed by atoms with E-state index in [0.29, 0.717) is 12.8 Å². The van der Waals surface area contributed by atoms with E-state index in [2.05, 4.69) is 6.07 Å². The minimum absolute atomic E-state index is 0.153. The molecule has 1 heterocycles. The van der Waals surface area contributed by atoms with Gasteiger partial charge in [-0.3, -0.25) is 4.79 Å². The molecule has 0 spiro atoms. The molecule has 1 amide bonds. The molecule has 84 valence electrons. The summed E-state index contributed by atoms with van der Waals surface area (Å²) >= 11 is 0. The summed E-state index contributed by atoms with van der Waals surface area (Å²) in [4.78, 5) is 23.4. The average Bonchev–Trinajstić information content (AvgIpc) is 2.55. The molecule has 1 aliphatic heterocycles. The summed E-state index contributed by atoms with van der Waals surface area (Å²) < 4.78 is 0. The molecule has 0 unspecified atom stereocenters. The van der Waals surface area contributed by atoms with Crippen molar-refractivity contribution < 1.29 is 9.59 Å². The van der Waals surface area contributed by atoms with Gasteiger partial charge in [-0.2, -0.15) is 0 Å². The van der Waals surface area contributed by atoms with Gasteiger partial charge in [0.05, 0.1) is 6.42 Å². The number of benzene rings is 1. The Kier molecular flexibility index (Phi) is 3.04. The van der Waals surface area contributed by atoms with Crippen molar-refractivity contribution in [3.8, 4) is 0 Å². The quantitative estimate of drug-likeness (QED) is 0.569. The Labute approximate surface area is 95.1 Å². The lowest BCUT2D eigenvalue weighted by Crippen LogP contribution is -2.20. The molecule has 1 aromatic rings. The van der Waals surface area contributed by atoms with Crippen LogP contribution < -0.4 is 4.90 Å². The van der Waals surface area contributed by atoms with Gasteiger partial charge in [0.1, 0.15) is 6.29 Å². The number of amides is 1. The maximum Gasteiger partial charge on any atom is 0.231 e. The second-order valence-electron chi connectivity index (χ2n) is 4.15. The molecule has 2 rings (SSSR count). The first-order valence-corrected chi connectivity index (χ1v) is 5.54. The molecule has 0 aromatic heterocycles. The van der Waals surface area contributed by atoms with Crippen LogP contribution in [0.15, 0.2) is 18.2 Å². The van der Waals surface area contributed by atoms with Gasteiger partial charge in [0.25, 0.3) is 0 Å². The van der Waals surface area contributed by atoms with Gasteiger partial charge in [-0.25, -0.2) is 0 Å². The van der Waals surface area contributed by atoms with Crippen molar-refractivity contribution in [3.63, 3.8) is 0 Å². The minimum Gasteiger partial charge on any atom is -0.315 e. The number of carbonyl (C=O) groups excluding carboxylic acids is 2. The first kappa shape index (κ1) is 10.9. The van der Waals surface area contributed by atoms with Gasteiger partial charge in [-0.05, 0) is 30.0 Å². The molecular formula is C13H15NO2. The van der Waals surface area contributed by atoms with E-state index < -0.39 is 0 Å². The van der Waals surface area contributed by atoms with Gasteiger partial charge >= 0.3 is 0 Å². The summed E-state index contributed by atoms with van der Waals surface area (Å²) in [5.41, 5.74) is 3.34. The second kappa shape index (κ2) is 4.47. The Balaban J connectivity index is 2.12. The summed E-state index contributed by atoms with van der Waals surface area (Å²) in [5.74, 6) is 0.153. The van der Waals surface area contributed by atoms with Crippen LogP contribution in [0.5, 0.6) is 0 Å². The minimum atomic E-state index is 0.153. The summed E-state index contributed by atoms with van der Waals surface area (Å²) in [7, 11) is 1.81. The number of carbonyl (C=O) groups is 2. The molecule has 0 atom stereocenters. The highest BCUT2D eigenvalue weighted by molar-refractivity contribution is 6.00. The fourth-order valence-electron chi connectivity index (χ4n) is 2.07. The Morgan fingerprint density at radius 3 is 3.00 bits per heavy atom. The van der Waals surface area contributed by atoms with Gasteiger partial charge in [-0.1, -0.05) is 12.1 Å². The van der Waals surface area contributed by atoms with Crippen LogP contribution in [0, 0.1) is 0 Å². The van der Waals surface area contributed by atoms with Crippen LogP contribution >= 0.6 is 0 Å². The summed E-state index contributed by atoms with van der Waals surface area (Å²) in [5, 5.41) is 0. The van der Waals surface area contributed by atoms with Crippen molar-refractivity contribution in [3.05, 3.63) is 29.3 Å². The van der Waals surface area contributed by atoms with Crippen LogP contribution in [-0.2, 0) is 22.4 Å². The van der Waals surface area contributed by atoms with Crippen LogP contribution in [-0.4, -0.2) is 19.2 Å². The monoisotopic (exact) mass is 217 g/mol.